The summed E-state index contributed by atoms with van der Waals surface area (Å²) in [7, 11) is 0. The molecule has 64 heavy (non-hydrogen) atoms. The van der Waals surface area contributed by atoms with E-state index in [1.54, 1.807) is 0 Å². The van der Waals surface area contributed by atoms with Gasteiger partial charge in [0.25, 0.3) is 0 Å². The zero-order valence-electron chi connectivity index (χ0n) is 35.3. The molecule has 11 aromatic carbocycles. The van der Waals surface area contributed by atoms with Crippen LogP contribution in [0.5, 0.6) is 0 Å². The number of hydrogen-bond donors (Lipinski definition) is 1. The second-order valence-electron chi connectivity index (χ2n) is 16.4. The number of allylic oxidation sites excluding steroid dienone is 1. The first-order chi connectivity index (χ1) is 31.7. The molecule has 0 amide bonds. The van der Waals surface area contributed by atoms with Crippen LogP contribution >= 0.6 is 0 Å². The van der Waals surface area contributed by atoms with Gasteiger partial charge in [-0.15, -0.1) is 0 Å². The topological polar surface area (TPSA) is 38.4 Å². The Morgan fingerprint density at radius 1 is 0.375 bits per heavy atom. The zero-order chi connectivity index (χ0) is 42.8. The average molecular weight is 817 g/mol. The Labute approximate surface area is 374 Å². The second kappa shape index (κ2) is 16.9. The van der Waals surface area contributed by atoms with Crippen molar-refractivity contribution < 1.29 is 0 Å². The van der Waals surface area contributed by atoms with Crippen molar-refractivity contribution in [3.63, 3.8) is 0 Å². The molecule has 11 aromatic rings. The fraction of sp³-hybridized carbons (Fsp3) is 0.0161. The van der Waals surface area contributed by atoms with Gasteiger partial charge < -0.3 is 5.73 Å². The molecule has 0 saturated heterocycles. The standard InChI is InChI=1S/C62H44N2/c63-62(58-32-16-15-29-53(58)43-20-5-2-6-21-43)64-60(37-35-45-23-7-11-27-51(45)42-18-3-1-4-19-42)49-38-48(55-33-17-26-44-22-8-12-28-52(44)55)39-50(40-49)61-56-31-14-10-25-47(56)41-59-54-30-13-9-24-46(54)34-36-57(59)61/h1-34,36-41H,35H2,(H2,63,64)/b60-37-. The van der Waals surface area contributed by atoms with Crippen molar-refractivity contribution in [2.45, 2.75) is 6.42 Å². The van der Waals surface area contributed by atoms with Crippen LogP contribution in [0, 0.1) is 0 Å². The largest absolute Gasteiger partial charge is 0.383 e. The smallest absolute Gasteiger partial charge is 0.131 e. The van der Waals surface area contributed by atoms with E-state index in [-0.39, 0.29) is 0 Å². The molecular formula is C62H44N2. The molecule has 0 spiro atoms. The maximum Gasteiger partial charge on any atom is 0.131 e. The molecule has 0 aliphatic rings. The van der Waals surface area contributed by atoms with E-state index in [1.807, 2.05) is 12.1 Å². The number of fused-ring (bicyclic) bond motifs is 5. The molecule has 0 bridgehead atoms. The molecule has 0 radical (unpaired) electrons. The molecule has 302 valence electrons. The van der Waals surface area contributed by atoms with Crippen LogP contribution in [-0.2, 0) is 6.42 Å². The summed E-state index contributed by atoms with van der Waals surface area (Å²) >= 11 is 0. The Kier molecular flexibility index (Phi) is 10.2. The van der Waals surface area contributed by atoms with Gasteiger partial charge in [-0.3, -0.25) is 0 Å². The second-order valence-corrected chi connectivity index (χ2v) is 16.4. The van der Waals surface area contributed by atoms with Gasteiger partial charge in [0.2, 0.25) is 0 Å². The molecular weight excluding hydrogens is 773 g/mol. The summed E-state index contributed by atoms with van der Waals surface area (Å²) in [5.41, 5.74) is 20.2. The summed E-state index contributed by atoms with van der Waals surface area (Å²) < 4.78 is 0. The van der Waals surface area contributed by atoms with Crippen LogP contribution in [0.25, 0.3) is 93.3 Å². The van der Waals surface area contributed by atoms with Crippen LogP contribution in [0.4, 0.5) is 0 Å². The van der Waals surface area contributed by atoms with Crippen molar-refractivity contribution in [1.82, 2.24) is 0 Å². The molecule has 2 N–H and O–H groups in total. The van der Waals surface area contributed by atoms with Gasteiger partial charge in [0.1, 0.15) is 5.84 Å². The fourth-order valence-corrected chi connectivity index (χ4v) is 9.48. The van der Waals surface area contributed by atoms with Gasteiger partial charge in [-0.05, 0) is 124 Å². The quantitative estimate of drug-likeness (QED) is 0.0670. The molecule has 0 aliphatic heterocycles. The monoisotopic (exact) mass is 816 g/mol. The lowest BCUT2D eigenvalue weighted by atomic mass is 9.87. The van der Waals surface area contributed by atoms with Crippen LogP contribution in [0.3, 0.4) is 0 Å². The summed E-state index contributed by atoms with van der Waals surface area (Å²) in [5.74, 6) is 0.459. The van der Waals surface area contributed by atoms with Crippen molar-refractivity contribution in [1.29, 1.82) is 0 Å². The van der Waals surface area contributed by atoms with Gasteiger partial charge in [0, 0.05) is 11.1 Å². The third-order valence-corrected chi connectivity index (χ3v) is 12.5. The van der Waals surface area contributed by atoms with Gasteiger partial charge in [0.15, 0.2) is 0 Å². The van der Waals surface area contributed by atoms with Crippen molar-refractivity contribution in [3.8, 4) is 44.5 Å². The summed E-state index contributed by atoms with van der Waals surface area (Å²) in [5, 5.41) is 9.70. The highest BCUT2D eigenvalue weighted by Gasteiger charge is 2.18. The van der Waals surface area contributed by atoms with Crippen molar-refractivity contribution in [2.24, 2.45) is 10.7 Å². The molecule has 0 heterocycles. The maximum absolute atomic E-state index is 7.24. The number of nitrogens with zero attached hydrogens (tertiary/aromatic N) is 1. The van der Waals surface area contributed by atoms with E-state index in [1.165, 1.54) is 65.3 Å². The van der Waals surface area contributed by atoms with Crippen LogP contribution in [0.15, 0.2) is 248 Å². The highest BCUT2D eigenvalue weighted by molar-refractivity contribution is 6.20. The fourth-order valence-electron chi connectivity index (χ4n) is 9.48. The molecule has 2 nitrogen and oxygen atoms in total. The Balaban J connectivity index is 1.19. The lowest BCUT2D eigenvalue weighted by Gasteiger charge is -2.18. The van der Waals surface area contributed by atoms with Gasteiger partial charge in [-0.1, -0.05) is 218 Å². The van der Waals surface area contributed by atoms with Crippen molar-refractivity contribution in [2.75, 3.05) is 0 Å². The van der Waals surface area contributed by atoms with Crippen LogP contribution in [-0.4, -0.2) is 5.84 Å². The normalized spacial score (nSPS) is 12.1. The number of hydrogen-bond acceptors (Lipinski definition) is 1. The first-order valence-corrected chi connectivity index (χ1v) is 22.0. The molecule has 0 aliphatic carbocycles. The molecule has 0 unspecified atom stereocenters. The first kappa shape index (κ1) is 38.6. The van der Waals surface area contributed by atoms with Crippen LogP contribution in [0.2, 0.25) is 0 Å². The summed E-state index contributed by atoms with van der Waals surface area (Å²) in [6.07, 6.45) is 2.91. The Bertz CT molecular complexity index is 3580. The summed E-state index contributed by atoms with van der Waals surface area (Å²) in [6, 6.07) is 84.7. The van der Waals surface area contributed by atoms with E-state index in [9.17, 15) is 0 Å². The Hall–Kier alpha value is -8.33. The lowest BCUT2D eigenvalue weighted by Crippen LogP contribution is -2.15. The zero-order valence-corrected chi connectivity index (χ0v) is 35.3. The van der Waals surface area contributed by atoms with E-state index < -0.39 is 0 Å². The third kappa shape index (κ3) is 7.31. The highest BCUT2D eigenvalue weighted by atomic mass is 14.9. The van der Waals surface area contributed by atoms with E-state index in [0.29, 0.717) is 12.3 Å². The summed E-state index contributed by atoms with van der Waals surface area (Å²) in [4.78, 5) is 5.47. The van der Waals surface area contributed by atoms with E-state index >= 15 is 0 Å². The molecule has 11 rings (SSSR count). The van der Waals surface area contributed by atoms with Gasteiger partial charge in [-0.2, -0.15) is 0 Å². The molecule has 0 atom stereocenters. The first-order valence-electron chi connectivity index (χ1n) is 22.0. The minimum absolute atomic E-state index is 0.459. The van der Waals surface area contributed by atoms with Crippen molar-refractivity contribution in [3.05, 3.63) is 259 Å². The predicted molar refractivity (Wildman–Crippen MR) is 273 cm³/mol. The van der Waals surface area contributed by atoms with Gasteiger partial charge >= 0.3 is 0 Å². The Morgan fingerprint density at radius 3 is 1.72 bits per heavy atom. The van der Waals surface area contributed by atoms with Crippen molar-refractivity contribution >= 4 is 54.6 Å². The number of nitrogens with two attached hydrogens (primary N) is 1. The highest BCUT2D eigenvalue weighted by Crippen LogP contribution is 2.43. The van der Waals surface area contributed by atoms with Gasteiger partial charge in [-0.25, -0.2) is 4.99 Å². The maximum atomic E-state index is 7.24. The van der Waals surface area contributed by atoms with E-state index in [2.05, 4.69) is 231 Å². The molecule has 2 heteroatoms. The van der Waals surface area contributed by atoms with Crippen LogP contribution < -0.4 is 5.73 Å². The van der Waals surface area contributed by atoms with Gasteiger partial charge in [0.05, 0.1) is 5.70 Å². The summed E-state index contributed by atoms with van der Waals surface area (Å²) in [6.45, 7) is 0. The minimum atomic E-state index is 0.459. The van der Waals surface area contributed by atoms with Crippen LogP contribution in [0.1, 0.15) is 16.7 Å². The Morgan fingerprint density at radius 2 is 0.938 bits per heavy atom. The third-order valence-electron chi connectivity index (χ3n) is 12.5. The van der Waals surface area contributed by atoms with E-state index in [0.717, 1.165) is 44.6 Å². The number of aliphatic imine (C=N–C) groups is 1. The average Bonchev–Trinajstić information content (AvgIpc) is 3.37. The molecule has 0 saturated carbocycles. The SMILES string of the molecule is NC(=N/C(=C\Cc1ccccc1-c1ccccc1)c1cc(-c2cccc3ccccc23)cc(-c2c3ccccc3cc3c2ccc2ccccc23)c1)c1ccccc1-c1ccccc1. The number of rotatable bonds is 9. The minimum Gasteiger partial charge on any atom is -0.383 e. The van der Waals surface area contributed by atoms with E-state index in [4.69, 9.17) is 10.7 Å². The molecule has 0 aromatic heterocycles. The number of benzene rings is 11. The predicted octanol–water partition coefficient (Wildman–Crippen LogP) is 16.0. The number of amidine groups is 1. The lowest BCUT2D eigenvalue weighted by molar-refractivity contribution is 1.26. The molecule has 0 fully saturated rings.